The first-order chi connectivity index (χ1) is 18.7. The van der Waals surface area contributed by atoms with Crippen LogP contribution in [0.5, 0.6) is 0 Å². The molecule has 1 atom stereocenters. The third-order valence-electron chi connectivity index (χ3n) is 6.96. The fourth-order valence-electron chi connectivity index (χ4n) is 5.07. The minimum absolute atomic E-state index is 0.120. The van der Waals surface area contributed by atoms with Gasteiger partial charge in [-0.25, -0.2) is 4.39 Å². The Morgan fingerprint density at radius 3 is 2.77 bits per heavy atom. The summed E-state index contributed by atoms with van der Waals surface area (Å²) in [6.45, 7) is -0.525. The largest absolute Gasteiger partial charge is 0.481 e. The van der Waals surface area contributed by atoms with Crippen LogP contribution in [0.1, 0.15) is 33.6 Å². The van der Waals surface area contributed by atoms with E-state index < -0.39 is 29.5 Å². The maximum Gasteiger partial charge on any atom is 0.310 e. The van der Waals surface area contributed by atoms with Crippen LogP contribution in [-0.2, 0) is 36.0 Å². The fourth-order valence-corrected chi connectivity index (χ4v) is 5.25. The van der Waals surface area contributed by atoms with E-state index in [0.717, 1.165) is 22.4 Å². The third-order valence-corrected chi connectivity index (χ3v) is 7.19. The highest BCUT2D eigenvalue weighted by molar-refractivity contribution is 6.30. The molecule has 1 heterocycles. The van der Waals surface area contributed by atoms with Crippen molar-refractivity contribution in [2.24, 2.45) is 13.0 Å². The minimum Gasteiger partial charge on any atom is -0.481 e. The number of aliphatic carboxylic acids is 1. The molecule has 0 bridgehead atoms. The van der Waals surface area contributed by atoms with E-state index in [0.29, 0.717) is 23.6 Å². The van der Waals surface area contributed by atoms with E-state index in [2.05, 4.69) is 10.4 Å². The lowest BCUT2D eigenvalue weighted by molar-refractivity contribution is -0.140. The van der Waals surface area contributed by atoms with Gasteiger partial charge >= 0.3 is 5.97 Å². The number of carboxylic acids is 1. The topological polar surface area (TPSA) is 105 Å². The molecule has 39 heavy (non-hydrogen) atoms. The lowest BCUT2D eigenvalue weighted by atomic mass is 9.88. The first-order valence-electron chi connectivity index (χ1n) is 12.5. The van der Waals surface area contributed by atoms with E-state index in [1.54, 1.807) is 48.2 Å². The number of carbonyl (C=O) groups is 3. The molecule has 1 unspecified atom stereocenters. The summed E-state index contributed by atoms with van der Waals surface area (Å²) in [4.78, 5) is 39.6. The van der Waals surface area contributed by atoms with Crippen molar-refractivity contribution in [1.82, 2.24) is 20.0 Å². The van der Waals surface area contributed by atoms with Crippen LogP contribution in [0.4, 0.5) is 4.39 Å². The summed E-state index contributed by atoms with van der Waals surface area (Å²) < 4.78 is 16.2. The summed E-state index contributed by atoms with van der Waals surface area (Å²) in [5.41, 5.74) is 4.43. The van der Waals surface area contributed by atoms with Crippen LogP contribution < -0.4 is 5.32 Å². The van der Waals surface area contributed by atoms with Gasteiger partial charge in [-0.1, -0.05) is 48.0 Å². The van der Waals surface area contributed by atoms with Gasteiger partial charge in [0.25, 0.3) is 5.91 Å². The molecule has 10 heteroatoms. The highest BCUT2D eigenvalue weighted by Gasteiger charge is 2.31. The van der Waals surface area contributed by atoms with Crippen LogP contribution in [0.25, 0.3) is 11.3 Å². The second-order valence-corrected chi connectivity index (χ2v) is 10.1. The number of carboxylic acid groups (broad SMARTS) is 1. The van der Waals surface area contributed by atoms with Gasteiger partial charge in [0.15, 0.2) is 5.69 Å². The molecule has 0 fully saturated rings. The Labute approximate surface area is 229 Å². The second kappa shape index (κ2) is 10.9. The number of benzene rings is 2. The van der Waals surface area contributed by atoms with E-state index >= 15 is 0 Å². The molecule has 8 nitrogen and oxygen atoms in total. The zero-order valence-electron chi connectivity index (χ0n) is 21.2. The molecule has 3 aromatic rings. The van der Waals surface area contributed by atoms with Gasteiger partial charge in [-0.3, -0.25) is 19.1 Å². The van der Waals surface area contributed by atoms with Gasteiger partial charge in [-0.05, 0) is 42.7 Å². The van der Waals surface area contributed by atoms with Gasteiger partial charge < -0.3 is 15.3 Å². The Hall–Kier alpha value is -4.24. The van der Waals surface area contributed by atoms with E-state index in [4.69, 9.17) is 11.6 Å². The Balaban J connectivity index is 1.44. The molecule has 2 aliphatic rings. The van der Waals surface area contributed by atoms with Crippen molar-refractivity contribution < 1.29 is 23.9 Å². The van der Waals surface area contributed by atoms with Crippen molar-refractivity contribution in [1.29, 1.82) is 0 Å². The molecule has 0 saturated carbocycles. The molecule has 200 valence electrons. The highest BCUT2D eigenvalue weighted by atomic mass is 35.5. The van der Waals surface area contributed by atoms with E-state index in [-0.39, 0.29) is 30.8 Å². The number of hydrogen-bond acceptors (Lipinski definition) is 4. The van der Waals surface area contributed by atoms with Crippen molar-refractivity contribution >= 4 is 29.4 Å². The zero-order valence-corrected chi connectivity index (χ0v) is 21.9. The number of aryl methyl sites for hydroxylation is 2. The summed E-state index contributed by atoms with van der Waals surface area (Å²) in [5.74, 6) is -3.26. The molecular formula is C29H26ClFN4O4. The minimum atomic E-state index is -0.995. The Kier molecular flexibility index (Phi) is 7.34. The summed E-state index contributed by atoms with van der Waals surface area (Å²) in [6, 6.07) is 11.7. The second-order valence-electron chi connectivity index (χ2n) is 9.63. The van der Waals surface area contributed by atoms with Gasteiger partial charge in [0.1, 0.15) is 12.4 Å². The molecule has 5 rings (SSSR count). The van der Waals surface area contributed by atoms with Crippen molar-refractivity contribution in [3.8, 4) is 11.3 Å². The number of halogens is 2. The molecule has 0 aliphatic heterocycles. The number of amides is 2. The average Bonchev–Trinajstić information content (AvgIpc) is 3.25. The monoisotopic (exact) mass is 548 g/mol. The molecule has 0 spiro atoms. The summed E-state index contributed by atoms with van der Waals surface area (Å²) >= 11 is 6.26. The lowest BCUT2D eigenvalue weighted by Gasteiger charge is -2.24. The fraction of sp³-hybridized carbons (Fsp3) is 0.241. The molecule has 0 saturated heterocycles. The third kappa shape index (κ3) is 5.49. The molecule has 2 amide bonds. The highest BCUT2D eigenvalue weighted by Crippen LogP contribution is 2.37. The molecule has 2 aromatic carbocycles. The number of hydrogen-bond donors (Lipinski definition) is 2. The number of fused-ring (bicyclic) bond motifs is 3. The van der Waals surface area contributed by atoms with Crippen molar-refractivity contribution in [3.63, 3.8) is 0 Å². The van der Waals surface area contributed by atoms with Gasteiger partial charge in [0, 0.05) is 47.4 Å². The van der Waals surface area contributed by atoms with Crippen molar-refractivity contribution in [2.75, 3.05) is 6.54 Å². The summed E-state index contributed by atoms with van der Waals surface area (Å²) in [6.07, 6.45) is 6.14. The van der Waals surface area contributed by atoms with Gasteiger partial charge in [0.05, 0.1) is 11.6 Å². The van der Waals surface area contributed by atoms with Crippen molar-refractivity contribution in [3.05, 3.63) is 99.6 Å². The first-order valence-corrected chi connectivity index (χ1v) is 12.9. The van der Waals surface area contributed by atoms with Gasteiger partial charge in [-0.15, -0.1) is 0 Å². The predicted molar refractivity (Wildman–Crippen MR) is 143 cm³/mol. The van der Waals surface area contributed by atoms with E-state index in [1.807, 2.05) is 18.2 Å². The maximum absolute atomic E-state index is 14.6. The lowest BCUT2D eigenvalue weighted by Crippen LogP contribution is -2.41. The van der Waals surface area contributed by atoms with Crippen LogP contribution in [0.15, 0.2) is 66.4 Å². The van der Waals surface area contributed by atoms with Crippen LogP contribution in [0, 0.1) is 11.7 Å². The normalized spacial score (nSPS) is 15.7. The molecule has 1 aromatic heterocycles. The standard InChI is InChI=1S/C29H26ClFN4O4/c1-34-27-22(12-10-17-9-11-20(30)14-23(17)27)26(33-34)28(37)35(15-19-5-2-3-8-24(19)31)16-25(36)32-21-7-4-6-18(13-21)29(38)39/h2-9,11,14,18H,10,12-13,15-16H2,1H3,(H,32,36)(H,38,39). The molecular weight excluding hydrogens is 523 g/mol. The Morgan fingerprint density at radius 1 is 1.21 bits per heavy atom. The molecule has 2 aliphatic carbocycles. The Bertz CT molecular complexity index is 1540. The Morgan fingerprint density at radius 2 is 2.00 bits per heavy atom. The maximum atomic E-state index is 14.6. The predicted octanol–water partition coefficient (Wildman–Crippen LogP) is 4.28. The van der Waals surface area contributed by atoms with Crippen molar-refractivity contribution in [2.45, 2.75) is 25.8 Å². The number of carbonyl (C=O) groups excluding carboxylic acids is 2. The smallest absolute Gasteiger partial charge is 0.310 e. The number of allylic oxidation sites excluding steroid dienone is 3. The van der Waals surface area contributed by atoms with Crippen LogP contribution in [0.2, 0.25) is 5.02 Å². The number of aromatic nitrogens is 2. The molecule has 0 radical (unpaired) electrons. The zero-order chi connectivity index (χ0) is 27.7. The van der Waals surface area contributed by atoms with E-state index in [1.165, 1.54) is 11.0 Å². The summed E-state index contributed by atoms with van der Waals surface area (Å²) in [7, 11) is 1.75. The van der Waals surface area contributed by atoms with E-state index in [9.17, 15) is 23.9 Å². The van der Waals surface area contributed by atoms with Crippen LogP contribution >= 0.6 is 11.6 Å². The average molecular weight is 549 g/mol. The number of nitrogens with one attached hydrogen (secondary N) is 1. The van der Waals surface area contributed by atoms with Crippen LogP contribution in [-0.4, -0.2) is 44.1 Å². The van der Waals surface area contributed by atoms with Crippen LogP contribution in [0.3, 0.4) is 0 Å². The van der Waals surface area contributed by atoms with Gasteiger partial charge in [-0.2, -0.15) is 5.10 Å². The quantitative estimate of drug-likeness (QED) is 0.458. The van der Waals surface area contributed by atoms with Gasteiger partial charge in [0.2, 0.25) is 5.91 Å². The number of rotatable bonds is 7. The number of nitrogens with zero attached hydrogens (tertiary/aromatic N) is 3. The first kappa shape index (κ1) is 26.4. The molecule has 2 N–H and O–H groups in total. The SMILES string of the molecule is Cn1nc(C(=O)N(CC(=O)NC2=CC=CC(C(=O)O)C2)Cc2ccccc2F)c2c1-c1cc(Cl)ccc1CC2. The summed E-state index contributed by atoms with van der Waals surface area (Å²) in [5, 5.41) is 17.1.